The zero-order chi connectivity index (χ0) is 23.3. The molecular formula is C29H25N3OS. The topological polar surface area (TPSA) is 46.1 Å². The number of anilines is 1. The summed E-state index contributed by atoms with van der Waals surface area (Å²) in [5.74, 6) is -0.0750. The zero-order valence-corrected chi connectivity index (χ0v) is 19.8. The molecule has 0 N–H and O–H groups in total. The summed E-state index contributed by atoms with van der Waals surface area (Å²) in [7, 11) is 0. The number of aromatic nitrogens is 2. The van der Waals surface area contributed by atoms with Crippen LogP contribution in [0.25, 0.3) is 10.2 Å². The number of pyridine rings is 1. The highest BCUT2D eigenvalue weighted by Gasteiger charge is 2.23. The predicted molar refractivity (Wildman–Crippen MR) is 139 cm³/mol. The molecule has 0 bridgehead atoms. The monoisotopic (exact) mass is 463 g/mol. The van der Waals surface area contributed by atoms with Crippen LogP contribution in [-0.4, -0.2) is 15.9 Å². The molecule has 0 aliphatic carbocycles. The number of benzene rings is 3. The Bertz CT molecular complexity index is 1400. The summed E-state index contributed by atoms with van der Waals surface area (Å²) < 4.78 is 1.09. The minimum absolute atomic E-state index is 0.0750. The first kappa shape index (κ1) is 22.0. The van der Waals surface area contributed by atoms with Crippen LogP contribution in [0.4, 0.5) is 5.13 Å². The maximum Gasteiger partial charge on any atom is 0.260 e. The lowest BCUT2D eigenvalue weighted by Gasteiger charge is -2.20. The molecule has 0 unspecified atom stereocenters. The quantitative estimate of drug-likeness (QED) is 0.270. The lowest BCUT2D eigenvalue weighted by atomic mass is 10.0. The number of nitrogens with zero attached hydrogens (tertiary/aromatic N) is 3. The van der Waals surface area contributed by atoms with Gasteiger partial charge in [0.15, 0.2) is 5.13 Å². The van der Waals surface area contributed by atoms with Crippen molar-refractivity contribution < 1.29 is 4.79 Å². The van der Waals surface area contributed by atoms with Gasteiger partial charge < -0.3 is 0 Å². The van der Waals surface area contributed by atoms with Crippen molar-refractivity contribution in [2.45, 2.75) is 26.3 Å². The van der Waals surface area contributed by atoms with Gasteiger partial charge in [0, 0.05) is 11.8 Å². The average molecular weight is 464 g/mol. The van der Waals surface area contributed by atoms with Crippen LogP contribution in [-0.2, 0) is 19.4 Å². The van der Waals surface area contributed by atoms with E-state index >= 15 is 0 Å². The largest absolute Gasteiger partial charge is 0.278 e. The van der Waals surface area contributed by atoms with Crippen molar-refractivity contribution in [1.29, 1.82) is 0 Å². The summed E-state index contributed by atoms with van der Waals surface area (Å²) in [4.78, 5) is 24.8. The van der Waals surface area contributed by atoms with Crippen molar-refractivity contribution in [2.75, 3.05) is 4.90 Å². The summed E-state index contributed by atoms with van der Waals surface area (Å²) in [6.45, 7) is 2.49. The van der Waals surface area contributed by atoms with Crippen molar-refractivity contribution in [3.05, 3.63) is 125 Å². The van der Waals surface area contributed by atoms with Gasteiger partial charge in [-0.05, 0) is 59.9 Å². The van der Waals surface area contributed by atoms with Crippen molar-refractivity contribution in [3.63, 3.8) is 0 Å². The van der Waals surface area contributed by atoms with E-state index in [0.717, 1.165) is 28.8 Å². The first-order valence-electron chi connectivity index (χ1n) is 11.4. The van der Waals surface area contributed by atoms with Crippen LogP contribution in [0.5, 0.6) is 0 Å². The number of aryl methyl sites for hydroxylation is 1. The summed E-state index contributed by atoms with van der Waals surface area (Å²) >= 11 is 1.55. The fourth-order valence-corrected chi connectivity index (χ4v) is 5.04. The van der Waals surface area contributed by atoms with Gasteiger partial charge in [-0.15, -0.1) is 0 Å². The second-order valence-electron chi connectivity index (χ2n) is 8.19. The maximum absolute atomic E-state index is 13.7. The maximum atomic E-state index is 13.7. The smallest absolute Gasteiger partial charge is 0.260 e. The number of para-hydroxylation sites is 1. The molecule has 0 aliphatic heterocycles. The molecule has 0 radical (unpaired) electrons. The second-order valence-corrected chi connectivity index (χ2v) is 9.19. The second kappa shape index (κ2) is 9.98. The highest BCUT2D eigenvalue weighted by Crippen LogP contribution is 2.32. The van der Waals surface area contributed by atoms with E-state index in [9.17, 15) is 4.79 Å². The van der Waals surface area contributed by atoms with Gasteiger partial charge in [0.05, 0.1) is 22.5 Å². The van der Waals surface area contributed by atoms with E-state index in [1.54, 1.807) is 22.4 Å². The average Bonchev–Trinajstić information content (AvgIpc) is 3.33. The van der Waals surface area contributed by atoms with E-state index in [1.807, 2.05) is 60.7 Å². The fraction of sp³-hybridized carbons (Fsp3) is 0.138. The van der Waals surface area contributed by atoms with Gasteiger partial charge in [-0.2, -0.15) is 0 Å². The Kier molecular flexibility index (Phi) is 6.45. The third kappa shape index (κ3) is 4.75. The highest BCUT2D eigenvalue weighted by molar-refractivity contribution is 7.22. The minimum Gasteiger partial charge on any atom is -0.278 e. The van der Waals surface area contributed by atoms with E-state index in [2.05, 4.69) is 42.2 Å². The number of hydrogen-bond donors (Lipinski definition) is 0. The first-order valence-corrected chi connectivity index (χ1v) is 12.3. The Morgan fingerprint density at radius 3 is 2.35 bits per heavy atom. The van der Waals surface area contributed by atoms with Gasteiger partial charge >= 0.3 is 0 Å². The van der Waals surface area contributed by atoms with Gasteiger partial charge in [0.2, 0.25) is 0 Å². The predicted octanol–water partition coefficient (Wildman–Crippen LogP) is 6.69. The van der Waals surface area contributed by atoms with E-state index < -0.39 is 0 Å². The number of fused-ring (bicyclic) bond motifs is 1. The number of rotatable bonds is 7. The molecule has 3 aromatic carbocycles. The van der Waals surface area contributed by atoms with Crippen LogP contribution in [0.3, 0.4) is 0 Å². The van der Waals surface area contributed by atoms with Crippen LogP contribution in [0.2, 0.25) is 0 Å². The summed E-state index contributed by atoms with van der Waals surface area (Å²) in [6, 6.07) is 30.2. The summed E-state index contributed by atoms with van der Waals surface area (Å²) in [6.07, 6.45) is 3.49. The normalized spacial score (nSPS) is 11.0. The lowest BCUT2D eigenvalue weighted by Crippen LogP contribution is -2.30. The van der Waals surface area contributed by atoms with E-state index in [1.165, 1.54) is 16.7 Å². The fourth-order valence-electron chi connectivity index (χ4n) is 4.03. The van der Waals surface area contributed by atoms with E-state index in [4.69, 9.17) is 4.98 Å². The molecule has 0 saturated carbocycles. The van der Waals surface area contributed by atoms with Gasteiger partial charge in [-0.1, -0.05) is 78.9 Å². The van der Waals surface area contributed by atoms with Crippen LogP contribution in [0.1, 0.15) is 39.7 Å². The van der Waals surface area contributed by atoms with Gasteiger partial charge in [-0.25, -0.2) is 4.98 Å². The third-order valence-electron chi connectivity index (χ3n) is 5.85. The highest BCUT2D eigenvalue weighted by atomic mass is 32.1. The Balaban J connectivity index is 1.47. The van der Waals surface area contributed by atoms with Gasteiger partial charge in [-0.3, -0.25) is 14.7 Å². The molecule has 5 rings (SSSR count). The number of hydrogen-bond acceptors (Lipinski definition) is 4. The molecular weight excluding hydrogens is 438 g/mol. The van der Waals surface area contributed by atoms with E-state index in [0.29, 0.717) is 17.2 Å². The van der Waals surface area contributed by atoms with Crippen molar-refractivity contribution in [1.82, 2.24) is 9.97 Å². The Morgan fingerprint density at radius 2 is 1.62 bits per heavy atom. The summed E-state index contributed by atoms with van der Waals surface area (Å²) in [5, 5.41) is 0.694. The van der Waals surface area contributed by atoms with Crippen LogP contribution in [0, 0.1) is 0 Å². The molecule has 0 aliphatic rings. The van der Waals surface area contributed by atoms with Gasteiger partial charge in [0.25, 0.3) is 5.91 Å². The molecule has 0 fully saturated rings. The van der Waals surface area contributed by atoms with Gasteiger partial charge in [0.1, 0.15) is 0 Å². The molecule has 5 heteroatoms. The van der Waals surface area contributed by atoms with E-state index in [-0.39, 0.29) is 5.91 Å². The standard InChI is InChI=1S/C29H25N3OS/c1-2-23-11-8-13-26-27(23)31-29(34-26)32(20-25-12-6-7-18-30-25)28(33)24-16-14-22(15-17-24)19-21-9-4-3-5-10-21/h3-18H,2,19-20H2,1H3. The Hall–Kier alpha value is -3.83. The molecule has 4 nitrogen and oxygen atoms in total. The lowest BCUT2D eigenvalue weighted by molar-refractivity contribution is 0.0985. The molecule has 34 heavy (non-hydrogen) atoms. The molecule has 1 amide bonds. The molecule has 2 aromatic heterocycles. The van der Waals surface area contributed by atoms with Crippen molar-refractivity contribution in [2.24, 2.45) is 0 Å². The number of carbonyl (C=O) groups is 1. The molecule has 0 atom stereocenters. The van der Waals surface area contributed by atoms with Crippen LogP contribution >= 0.6 is 11.3 Å². The Morgan fingerprint density at radius 1 is 0.853 bits per heavy atom. The number of carbonyl (C=O) groups excluding carboxylic acids is 1. The minimum atomic E-state index is -0.0750. The van der Waals surface area contributed by atoms with Crippen LogP contribution < -0.4 is 4.90 Å². The summed E-state index contributed by atoms with van der Waals surface area (Å²) in [5.41, 5.74) is 6.05. The number of thiazole rings is 1. The zero-order valence-electron chi connectivity index (χ0n) is 19.0. The molecule has 0 spiro atoms. The molecule has 5 aromatic rings. The number of amides is 1. The SMILES string of the molecule is CCc1cccc2sc(N(Cc3ccccn3)C(=O)c3ccc(Cc4ccccc4)cc3)nc12. The molecule has 168 valence electrons. The van der Waals surface area contributed by atoms with Crippen LogP contribution in [0.15, 0.2) is 97.2 Å². The Labute approximate surface area is 203 Å². The van der Waals surface area contributed by atoms with Crippen molar-refractivity contribution in [3.8, 4) is 0 Å². The first-order chi connectivity index (χ1) is 16.7. The third-order valence-corrected chi connectivity index (χ3v) is 6.89. The molecule has 0 saturated heterocycles. The van der Waals surface area contributed by atoms with Crippen molar-refractivity contribution >= 4 is 32.6 Å². The molecule has 2 heterocycles.